The molecule has 1 aromatic heterocycles. The van der Waals surface area contributed by atoms with Crippen LogP contribution in [0.5, 0.6) is 0 Å². The Bertz CT molecular complexity index is 2710. The Morgan fingerprint density at radius 2 is 0.692 bits per heavy atom. The highest BCUT2D eigenvalue weighted by molar-refractivity contribution is 6.21. The summed E-state index contributed by atoms with van der Waals surface area (Å²) in [6.45, 7) is 7.54. The molecule has 0 spiro atoms. The average molecular weight is 663 g/mol. The molecule has 0 saturated carbocycles. The van der Waals surface area contributed by atoms with Crippen LogP contribution in [-0.2, 0) is 0 Å². The molecule has 0 aliphatic rings. The van der Waals surface area contributed by atoms with Gasteiger partial charge in [0.2, 0.25) is 0 Å². The SMILES string of the molecule is [C-]#[N+]c1ccc(-c2cc(-c3nc(-c4ccccc4)nc(-c4ccccc4)n3)cc(-c3c(-c4ccccc4)c4ccccc4c4ccccc34)c2)cc1. The van der Waals surface area contributed by atoms with Crippen LogP contribution >= 0.6 is 0 Å². The van der Waals surface area contributed by atoms with Crippen molar-refractivity contribution >= 4 is 27.2 Å². The molecule has 0 bridgehead atoms. The van der Waals surface area contributed by atoms with Crippen LogP contribution in [0.1, 0.15) is 0 Å². The molecule has 0 atom stereocenters. The van der Waals surface area contributed by atoms with E-state index in [0.717, 1.165) is 49.9 Å². The van der Waals surface area contributed by atoms with Crippen molar-refractivity contribution in [1.29, 1.82) is 0 Å². The van der Waals surface area contributed by atoms with Gasteiger partial charge < -0.3 is 0 Å². The number of aromatic nitrogens is 3. The summed E-state index contributed by atoms with van der Waals surface area (Å²) in [5.41, 5.74) is 9.82. The molecule has 0 unspecified atom stereocenters. The van der Waals surface area contributed by atoms with Gasteiger partial charge >= 0.3 is 0 Å². The average Bonchev–Trinajstić information content (AvgIpc) is 3.24. The fraction of sp³-hybridized carbons (Fsp3) is 0. The van der Waals surface area contributed by atoms with Gasteiger partial charge in [0.1, 0.15) is 0 Å². The lowest BCUT2D eigenvalue weighted by atomic mass is 9.84. The van der Waals surface area contributed by atoms with Gasteiger partial charge in [0.15, 0.2) is 23.2 Å². The molecule has 0 aliphatic carbocycles. The maximum absolute atomic E-state index is 7.54. The Hall–Kier alpha value is -7.22. The summed E-state index contributed by atoms with van der Waals surface area (Å²) >= 11 is 0. The van der Waals surface area contributed by atoms with Crippen LogP contribution in [0.3, 0.4) is 0 Å². The van der Waals surface area contributed by atoms with E-state index >= 15 is 0 Å². The van der Waals surface area contributed by atoms with Crippen LogP contribution in [0.2, 0.25) is 0 Å². The summed E-state index contributed by atoms with van der Waals surface area (Å²) < 4.78 is 0. The first-order valence-electron chi connectivity index (χ1n) is 17.2. The molecular formula is C48H30N4. The Kier molecular flexibility index (Phi) is 7.85. The third-order valence-corrected chi connectivity index (χ3v) is 9.50. The van der Waals surface area contributed by atoms with Gasteiger partial charge in [0.25, 0.3) is 0 Å². The molecule has 0 aliphatic heterocycles. The zero-order chi connectivity index (χ0) is 34.9. The lowest BCUT2D eigenvalue weighted by Gasteiger charge is -2.20. The summed E-state index contributed by atoms with van der Waals surface area (Å²) in [7, 11) is 0. The molecule has 1 heterocycles. The van der Waals surface area contributed by atoms with Crippen LogP contribution in [0.25, 0.3) is 93.9 Å². The minimum absolute atomic E-state index is 0.583. The van der Waals surface area contributed by atoms with Gasteiger partial charge in [-0.1, -0.05) is 164 Å². The summed E-state index contributed by atoms with van der Waals surface area (Å²) in [4.78, 5) is 18.9. The number of hydrogen-bond acceptors (Lipinski definition) is 3. The Balaban J connectivity index is 1.38. The normalized spacial score (nSPS) is 11.1. The third kappa shape index (κ3) is 5.67. The van der Waals surface area contributed by atoms with Crippen molar-refractivity contribution in [3.05, 3.63) is 193 Å². The molecule has 4 nitrogen and oxygen atoms in total. The van der Waals surface area contributed by atoms with E-state index in [-0.39, 0.29) is 0 Å². The monoisotopic (exact) mass is 662 g/mol. The van der Waals surface area contributed by atoms with E-state index in [4.69, 9.17) is 21.5 Å². The van der Waals surface area contributed by atoms with Crippen molar-refractivity contribution in [3.63, 3.8) is 0 Å². The maximum Gasteiger partial charge on any atom is 0.187 e. The van der Waals surface area contributed by atoms with E-state index in [0.29, 0.717) is 23.2 Å². The van der Waals surface area contributed by atoms with E-state index in [1.165, 1.54) is 21.7 Å². The van der Waals surface area contributed by atoms with Crippen molar-refractivity contribution in [2.24, 2.45) is 0 Å². The van der Waals surface area contributed by atoms with Crippen LogP contribution in [0, 0.1) is 6.57 Å². The summed E-state index contributed by atoms with van der Waals surface area (Å²) in [6.07, 6.45) is 0. The smallest absolute Gasteiger partial charge is 0.187 e. The number of nitrogens with zero attached hydrogens (tertiary/aromatic N) is 4. The molecule has 0 radical (unpaired) electrons. The number of hydrogen-bond donors (Lipinski definition) is 0. The molecule has 9 rings (SSSR count). The lowest BCUT2D eigenvalue weighted by Crippen LogP contribution is -2.01. The molecule has 9 aromatic rings. The zero-order valence-electron chi connectivity index (χ0n) is 28.1. The Morgan fingerprint density at radius 3 is 1.19 bits per heavy atom. The summed E-state index contributed by atoms with van der Waals surface area (Å²) in [5, 5.41) is 4.76. The number of fused-ring (bicyclic) bond motifs is 3. The molecule has 0 N–H and O–H groups in total. The second-order valence-corrected chi connectivity index (χ2v) is 12.7. The first kappa shape index (κ1) is 30.8. The van der Waals surface area contributed by atoms with Gasteiger partial charge in [-0.05, 0) is 73.1 Å². The van der Waals surface area contributed by atoms with Crippen molar-refractivity contribution in [3.8, 4) is 67.5 Å². The summed E-state index contributed by atoms with van der Waals surface area (Å²) in [6, 6.07) is 62.6. The van der Waals surface area contributed by atoms with Gasteiger partial charge in [-0.25, -0.2) is 19.8 Å². The van der Waals surface area contributed by atoms with Gasteiger partial charge in [-0.15, -0.1) is 0 Å². The predicted octanol–water partition coefficient (Wildman–Crippen LogP) is 12.7. The molecule has 0 fully saturated rings. The fourth-order valence-electron chi connectivity index (χ4n) is 7.08. The molecule has 52 heavy (non-hydrogen) atoms. The fourth-order valence-corrected chi connectivity index (χ4v) is 7.08. The van der Waals surface area contributed by atoms with E-state index in [9.17, 15) is 0 Å². The van der Waals surface area contributed by atoms with Gasteiger partial charge in [-0.2, -0.15) is 0 Å². The minimum Gasteiger partial charge on any atom is -0.238 e. The molecule has 8 aromatic carbocycles. The van der Waals surface area contributed by atoms with Crippen LogP contribution in [0.4, 0.5) is 5.69 Å². The largest absolute Gasteiger partial charge is 0.238 e. The molecule has 242 valence electrons. The molecular weight excluding hydrogens is 633 g/mol. The second kappa shape index (κ2) is 13.2. The van der Waals surface area contributed by atoms with E-state index in [1.807, 2.05) is 84.9 Å². The standard InChI is InChI=1S/C48H30N4/c1-49-39-27-25-32(26-28-39)36-29-37(45-43-24-14-12-22-41(43)40-21-11-13-23-42(40)44(45)33-15-5-2-6-16-33)31-38(30-36)48-51-46(34-17-7-3-8-18-34)50-47(52-48)35-19-9-4-10-20-35/h2-31H. The van der Waals surface area contributed by atoms with Crippen LogP contribution in [-0.4, -0.2) is 15.0 Å². The van der Waals surface area contributed by atoms with E-state index in [2.05, 4.69) is 102 Å². The predicted molar refractivity (Wildman–Crippen MR) is 214 cm³/mol. The van der Waals surface area contributed by atoms with Crippen molar-refractivity contribution in [2.45, 2.75) is 0 Å². The van der Waals surface area contributed by atoms with Crippen molar-refractivity contribution < 1.29 is 0 Å². The third-order valence-electron chi connectivity index (χ3n) is 9.50. The van der Waals surface area contributed by atoms with Crippen molar-refractivity contribution in [1.82, 2.24) is 15.0 Å². The second-order valence-electron chi connectivity index (χ2n) is 12.7. The lowest BCUT2D eigenvalue weighted by molar-refractivity contribution is 1.07. The van der Waals surface area contributed by atoms with Gasteiger partial charge in [0.05, 0.1) is 6.57 Å². The topological polar surface area (TPSA) is 43.0 Å². The summed E-state index contributed by atoms with van der Waals surface area (Å²) in [5.74, 6) is 1.80. The Morgan fingerprint density at radius 1 is 0.308 bits per heavy atom. The number of rotatable bonds is 6. The molecule has 4 heteroatoms. The van der Waals surface area contributed by atoms with Crippen LogP contribution < -0.4 is 0 Å². The van der Waals surface area contributed by atoms with E-state index < -0.39 is 0 Å². The van der Waals surface area contributed by atoms with E-state index in [1.54, 1.807) is 0 Å². The van der Waals surface area contributed by atoms with Gasteiger partial charge in [-0.3, -0.25) is 0 Å². The first-order chi connectivity index (χ1) is 25.7. The zero-order valence-corrected chi connectivity index (χ0v) is 28.1. The molecule has 0 saturated heterocycles. The van der Waals surface area contributed by atoms with Crippen molar-refractivity contribution in [2.75, 3.05) is 0 Å². The highest BCUT2D eigenvalue weighted by Crippen LogP contribution is 2.46. The maximum atomic E-state index is 7.54. The van der Waals surface area contributed by atoms with Crippen LogP contribution in [0.15, 0.2) is 182 Å². The van der Waals surface area contributed by atoms with Gasteiger partial charge in [0, 0.05) is 16.7 Å². The quantitative estimate of drug-likeness (QED) is 0.131. The number of benzene rings is 8. The first-order valence-corrected chi connectivity index (χ1v) is 17.2. The minimum atomic E-state index is 0.583. The Labute approximate surface area is 302 Å². The molecule has 0 amide bonds. The highest BCUT2D eigenvalue weighted by Gasteiger charge is 2.20. The highest BCUT2D eigenvalue weighted by atomic mass is 15.0.